The van der Waals surface area contributed by atoms with Crippen LogP contribution in [0.15, 0.2) is 59.6 Å². The fourth-order valence-corrected chi connectivity index (χ4v) is 5.60. The summed E-state index contributed by atoms with van der Waals surface area (Å²) in [5, 5.41) is 3.22. The van der Waals surface area contributed by atoms with Crippen LogP contribution in [0.25, 0.3) is 10.2 Å². The molecule has 1 fully saturated rings. The SMILES string of the molecule is NC(N)=NCCCC(NC(=O)[C@@H]1CCCN1C(=O)[C@H](N)Cc1ccccc1)C(=O)c1nc2ccccc2s1. The number of nitrogens with two attached hydrogens (primary N) is 3. The highest BCUT2D eigenvalue weighted by Gasteiger charge is 2.37. The molecule has 2 aromatic carbocycles. The number of hydrogen-bond acceptors (Lipinski definition) is 7. The van der Waals surface area contributed by atoms with Crippen LogP contribution in [0.4, 0.5) is 0 Å². The van der Waals surface area contributed by atoms with E-state index in [1.165, 1.54) is 11.3 Å². The molecular formula is C27H33N7O3S. The average molecular weight is 536 g/mol. The number of benzene rings is 2. The maximum atomic E-state index is 13.5. The van der Waals surface area contributed by atoms with Crippen molar-refractivity contribution in [1.82, 2.24) is 15.2 Å². The number of aromatic nitrogens is 1. The first-order chi connectivity index (χ1) is 18.3. The summed E-state index contributed by atoms with van der Waals surface area (Å²) in [6, 6.07) is 14.8. The minimum Gasteiger partial charge on any atom is -0.370 e. The van der Waals surface area contributed by atoms with Crippen LogP contribution in [0.5, 0.6) is 0 Å². The molecule has 11 heteroatoms. The van der Waals surface area contributed by atoms with Crippen molar-refractivity contribution >= 4 is 45.1 Å². The van der Waals surface area contributed by atoms with Crippen LogP contribution in [0.3, 0.4) is 0 Å². The number of rotatable bonds is 11. The third-order valence-electron chi connectivity index (χ3n) is 6.54. The molecule has 2 amide bonds. The lowest BCUT2D eigenvalue weighted by molar-refractivity contribution is -0.139. The number of thiazole rings is 1. The maximum absolute atomic E-state index is 13.5. The molecule has 1 aromatic heterocycles. The standard InChI is InChI=1S/C27H33N7O3S/c28-18(16-17-8-2-1-3-9-17)26(37)34-15-7-12-21(34)24(36)32-20(11-6-14-31-27(29)30)23(35)25-33-19-10-4-5-13-22(19)38-25/h1-5,8-10,13,18,20-21H,6-7,11-12,14-16,28H2,(H,32,36)(H4,29,30,31)/t18-,20?,21+/m1/s1. The molecule has 1 aliphatic rings. The normalized spacial score (nSPS) is 16.7. The fraction of sp³-hybridized carbons (Fsp3) is 0.370. The molecule has 0 radical (unpaired) electrons. The third kappa shape index (κ3) is 6.73. The van der Waals surface area contributed by atoms with Gasteiger partial charge in [0.25, 0.3) is 0 Å². The van der Waals surface area contributed by atoms with Crippen LogP contribution < -0.4 is 22.5 Å². The largest absolute Gasteiger partial charge is 0.370 e. The molecule has 3 aromatic rings. The molecule has 7 N–H and O–H groups in total. The molecule has 3 atom stereocenters. The molecule has 0 aliphatic carbocycles. The van der Waals surface area contributed by atoms with Crippen LogP contribution in [-0.4, -0.2) is 64.7 Å². The Labute approximate surface area is 225 Å². The number of Topliss-reactive ketones (excluding diaryl/α,β-unsaturated/α-hetero) is 1. The topological polar surface area (TPSA) is 170 Å². The number of guanidine groups is 1. The van der Waals surface area contributed by atoms with Crippen LogP contribution in [-0.2, 0) is 16.0 Å². The zero-order valence-corrected chi connectivity index (χ0v) is 21.9. The fourth-order valence-electron chi connectivity index (χ4n) is 4.64. The Morgan fingerprint density at radius 2 is 1.84 bits per heavy atom. The van der Waals surface area contributed by atoms with Crippen molar-refractivity contribution in [3.8, 4) is 0 Å². The Balaban J connectivity index is 1.46. The summed E-state index contributed by atoms with van der Waals surface area (Å²) in [5.41, 5.74) is 18.8. The third-order valence-corrected chi connectivity index (χ3v) is 7.59. The number of likely N-dealkylation sites (tertiary alicyclic amines) is 1. The summed E-state index contributed by atoms with van der Waals surface area (Å²) in [6.07, 6.45) is 2.38. The number of aliphatic imine (C=N–C) groups is 1. The second kappa shape index (κ2) is 12.6. The lowest BCUT2D eigenvalue weighted by Crippen LogP contribution is -2.54. The van der Waals surface area contributed by atoms with Gasteiger partial charge >= 0.3 is 0 Å². The molecule has 0 spiro atoms. The number of fused-ring (bicyclic) bond motifs is 1. The number of carbonyl (C=O) groups excluding carboxylic acids is 3. The quantitative estimate of drug-likeness (QED) is 0.125. The molecule has 10 nitrogen and oxygen atoms in total. The molecule has 4 rings (SSSR count). The van der Waals surface area contributed by atoms with E-state index < -0.39 is 18.1 Å². The molecule has 2 heterocycles. The first-order valence-electron chi connectivity index (χ1n) is 12.7. The zero-order chi connectivity index (χ0) is 27.1. The van der Waals surface area contributed by atoms with Crippen LogP contribution in [0, 0.1) is 0 Å². The number of nitrogens with one attached hydrogen (secondary N) is 1. The Morgan fingerprint density at radius 3 is 2.58 bits per heavy atom. The van der Waals surface area contributed by atoms with E-state index in [-0.39, 0.29) is 23.6 Å². The number of ketones is 1. The molecule has 0 bridgehead atoms. The summed E-state index contributed by atoms with van der Waals surface area (Å²) in [4.78, 5) is 50.1. The van der Waals surface area contributed by atoms with Crippen molar-refractivity contribution in [1.29, 1.82) is 0 Å². The summed E-state index contributed by atoms with van der Waals surface area (Å²) in [6.45, 7) is 0.768. The van der Waals surface area contributed by atoms with Crippen molar-refractivity contribution in [2.45, 2.75) is 50.2 Å². The van der Waals surface area contributed by atoms with Gasteiger partial charge in [-0.3, -0.25) is 19.4 Å². The van der Waals surface area contributed by atoms with Gasteiger partial charge in [0.05, 0.1) is 22.3 Å². The van der Waals surface area contributed by atoms with E-state index in [2.05, 4.69) is 15.3 Å². The molecule has 200 valence electrons. The molecule has 1 unspecified atom stereocenters. The Morgan fingerprint density at radius 1 is 1.11 bits per heavy atom. The van der Waals surface area contributed by atoms with Crippen molar-refractivity contribution in [3.05, 3.63) is 65.2 Å². The lowest BCUT2D eigenvalue weighted by Gasteiger charge is -2.28. The number of carbonyl (C=O) groups is 3. The smallest absolute Gasteiger partial charge is 0.243 e. The molecule has 0 saturated carbocycles. The zero-order valence-electron chi connectivity index (χ0n) is 21.1. The van der Waals surface area contributed by atoms with Gasteiger partial charge in [-0.2, -0.15) is 0 Å². The number of nitrogens with zero attached hydrogens (tertiary/aromatic N) is 3. The van der Waals surface area contributed by atoms with Gasteiger partial charge in [0.2, 0.25) is 17.6 Å². The van der Waals surface area contributed by atoms with E-state index in [9.17, 15) is 14.4 Å². The molecule has 38 heavy (non-hydrogen) atoms. The number of hydrogen-bond donors (Lipinski definition) is 4. The second-order valence-corrected chi connectivity index (χ2v) is 10.4. The Hall–Kier alpha value is -3.83. The van der Waals surface area contributed by atoms with E-state index in [1.54, 1.807) is 4.90 Å². The second-order valence-electron chi connectivity index (χ2n) is 9.35. The summed E-state index contributed by atoms with van der Waals surface area (Å²) in [7, 11) is 0. The van der Waals surface area contributed by atoms with Gasteiger partial charge < -0.3 is 27.4 Å². The van der Waals surface area contributed by atoms with Crippen molar-refractivity contribution in [3.63, 3.8) is 0 Å². The Kier molecular flexibility index (Phi) is 9.03. The van der Waals surface area contributed by atoms with Gasteiger partial charge in [-0.1, -0.05) is 42.5 Å². The molecular weight excluding hydrogens is 502 g/mol. The maximum Gasteiger partial charge on any atom is 0.243 e. The molecule has 1 saturated heterocycles. The van der Waals surface area contributed by atoms with Gasteiger partial charge in [0.1, 0.15) is 6.04 Å². The average Bonchev–Trinajstić information content (AvgIpc) is 3.57. The van der Waals surface area contributed by atoms with Gasteiger partial charge in [-0.05, 0) is 49.8 Å². The van der Waals surface area contributed by atoms with Gasteiger partial charge in [0.15, 0.2) is 11.0 Å². The van der Waals surface area contributed by atoms with Crippen molar-refractivity contribution in [2.24, 2.45) is 22.2 Å². The highest BCUT2D eigenvalue weighted by molar-refractivity contribution is 7.20. The van der Waals surface area contributed by atoms with E-state index in [0.717, 1.165) is 15.8 Å². The minimum absolute atomic E-state index is 0.0324. The predicted molar refractivity (Wildman–Crippen MR) is 149 cm³/mol. The highest BCUT2D eigenvalue weighted by Crippen LogP contribution is 2.24. The van der Waals surface area contributed by atoms with Crippen LogP contribution in [0.2, 0.25) is 0 Å². The van der Waals surface area contributed by atoms with E-state index >= 15 is 0 Å². The summed E-state index contributed by atoms with van der Waals surface area (Å²) >= 11 is 1.29. The van der Waals surface area contributed by atoms with Gasteiger partial charge in [-0.15, -0.1) is 11.3 Å². The highest BCUT2D eigenvalue weighted by atomic mass is 32.1. The number of amides is 2. The van der Waals surface area contributed by atoms with Crippen LogP contribution in [0.1, 0.15) is 41.0 Å². The molecule has 1 aliphatic heterocycles. The van der Waals surface area contributed by atoms with E-state index in [0.29, 0.717) is 50.2 Å². The minimum atomic E-state index is -0.826. The van der Waals surface area contributed by atoms with Gasteiger partial charge in [-0.25, -0.2) is 4.98 Å². The number of para-hydroxylation sites is 1. The van der Waals surface area contributed by atoms with Crippen LogP contribution >= 0.6 is 11.3 Å². The monoisotopic (exact) mass is 535 g/mol. The van der Waals surface area contributed by atoms with E-state index in [1.807, 2.05) is 54.6 Å². The van der Waals surface area contributed by atoms with Crippen molar-refractivity contribution in [2.75, 3.05) is 13.1 Å². The van der Waals surface area contributed by atoms with Crippen molar-refractivity contribution < 1.29 is 14.4 Å². The predicted octanol–water partition coefficient (Wildman–Crippen LogP) is 1.58. The van der Waals surface area contributed by atoms with E-state index in [4.69, 9.17) is 17.2 Å². The van der Waals surface area contributed by atoms with Gasteiger partial charge in [0, 0.05) is 13.1 Å². The summed E-state index contributed by atoms with van der Waals surface area (Å²) in [5.74, 6) is -0.951. The first-order valence-corrected chi connectivity index (χ1v) is 13.5. The first kappa shape index (κ1) is 27.2. The lowest BCUT2D eigenvalue weighted by atomic mass is 10.0. The summed E-state index contributed by atoms with van der Waals surface area (Å²) < 4.78 is 0.890. The Bertz CT molecular complexity index is 1270.